The first-order valence-corrected chi connectivity index (χ1v) is 7.08. The predicted molar refractivity (Wildman–Crippen MR) is 68.9 cm³/mol. The summed E-state index contributed by atoms with van der Waals surface area (Å²) in [7, 11) is 0. The van der Waals surface area contributed by atoms with Crippen LogP contribution in [0.15, 0.2) is 4.52 Å². The maximum Gasteiger partial charge on any atom is 0.314 e. The van der Waals surface area contributed by atoms with Gasteiger partial charge in [-0.25, -0.2) is 9.18 Å². The Morgan fingerprint density at radius 3 is 2.70 bits per heavy atom. The van der Waals surface area contributed by atoms with Crippen LogP contribution in [0, 0.1) is 0 Å². The maximum absolute atomic E-state index is 13.0. The lowest BCUT2D eigenvalue weighted by molar-refractivity contribution is 0.156. The molecule has 0 radical (unpaired) electrons. The van der Waals surface area contributed by atoms with Gasteiger partial charge in [-0.05, 0) is 25.7 Å². The number of urea groups is 1. The van der Waals surface area contributed by atoms with Crippen molar-refractivity contribution in [3.05, 3.63) is 11.7 Å². The van der Waals surface area contributed by atoms with Crippen molar-refractivity contribution in [1.29, 1.82) is 0 Å². The van der Waals surface area contributed by atoms with Gasteiger partial charge in [0.05, 0.1) is 5.92 Å². The largest absolute Gasteiger partial charge is 0.351 e. The minimum atomic E-state index is -0.836. The SMILES string of the molecule is CCC1(c2noc([C@@H]3C[C@@H]3F)n2)CCN(C(N)=O)CC1. The van der Waals surface area contributed by atoms with Crippen LogP contribution in [0.25, 0.3) is 0 Å². The molecule has 2 fully saturated rings. The van der Waals surface area contributed by atoms with Crippen molar-refractivity contribution in [3.63, 3.8) is 0 Å². The molecule has 0 aromatic carbocycles. The van der Waals surface area contributed by atoms with Gasteiger partial charge in [-0.1, -0.05) is 12.1 Å². The molecular formula is C13H19FN4O2. The zero-order chi connectivity index (χ0) is 14.3. The Morgan fingerprint density at radius 2 is 2.20 bits per heavy atom. The molecule has 1 aromatic heterocycles. The zero-order valence-corrected chi connectivity index (χ0v) is 11.5. The number of likely N-dealkylation sites (tertiary alicyclic amines) is 1. The summed E-state index contributed by atoms with van der Waals surface area (Å²) in [5.74, 6) is 0.853. The minimum absolute atomic E-state index is 0.186. The molecule has 6 nitrogen and oxygen atoms in total. The van der Waals surface area contributed by atoms with E-state index in [0.717, 1.165) is 19.3 Å². The number of amides is 2. The Labute approximate surface area is 116 Å². The molecule has 0 bridgehead atoms. The smallest absolute Gasteiger partial charge is 0.314 e. The molecule has 2 aliphatic rings. The number of piperidine rings is 1. The van der Waals surface area contributed by atoms with Crippen molar-refractivity contribution in [2.45, 2.75) is 50.1 Å². The summed E-state index contributed by atoms with van der Waals surface area (Å²) in [5, 5.41) is 4.06. The van der Waals surface area contributed by atoms with Crippen molar-refractivity contribution < 1.29 is 13.7 Å². The van der Waals surface area contributed by atoms with Crippen LogP contribution in [0.1, 0.15) is 50.2 Å². The van der Waals surface area contributed by atoms with E-state index in [4.69, 9.17) is 10.3 Å². The molecule has 2 atom stereocenters. The van der Waals surface area contributed by atoms with Crippen LogP contribution >= 0.6 is 0 Å². The topological polar surface area (TPSA) is 85.2 Å². The third kappa shape index (κ3) is 2.14. The summed E-state index contributed by atoms with van der Waals surface area (Å²) < 4.78 is 18.3. The Kier molecular flexibility index (Phi) is 3.14. The molecule has 7 heteroatoms. The highest BCUT2D eigenvalue weighted by Gasteiger charge is 2.45. The Balaban J connectivity index is 1.76. The number of alkyl halides is 1. The second-order valence-corrected chi connectivity index (χ2v) is 5.77. The second-order valence-electron chi connectivity index (χ2n) is 5.77. The standard InChI is InChI=1S/C13H19FN4O2/c1-2-13(3-5-18(6-4-13)12(15)19)11-16-10(20-17-11)8-7-9(8)14/h8-9H,2-7H2,1H3,(H2,15,19)/t8-,9+/m1/s1. The average Bonchev–Trinajstić information content (AvgIpc) is 2.99. The lowest BCUT2D eigenvalue weighted by Crippen LogP contribution is -2.47. The molecule has 1 aliphatic carbocycles. The van der Waals surface area contributed by atoms with Crippen LogP contribution in [0.3, 0.4) is 0 Å². The number of nitrogens with two attached hydrogens (primary N) is 1. The molecule has 1 saturated carbocycles. The molecule has 1 saturated heterocycles. The van der Waals surface area contributed by atoms with Gasteiger partial charge in [0.1, 0.15) is 6.17 Å². The first-order valence-electron chi connectivity index (χ1n) is 7.08. The van der Waals surface area contributed by atoms with Crippen LogP contribution in [0.4, 0.5) is 9.18 Å². The van der Waals surface area contributed by atoms with E-state index in [2.05, 4.69) is 17.1 Å². The second kappa shape index (κ2) is 4.71. The Morgan fingerprint density at radius 1 is 1.55 bits per heavy atom. The average molecular weight is 282 g/mol. The quantitative estimate of drug-likeness (QED) is 0.914. The Hall–Kier alpha value is -1.66. The normalized spacial score (nSPS) is 28.4. The number of hydrogen-bond donors (Lipinski definition) is 1. The molecule has 110 valence electrons. The van der Waals surface area contributed by atoms with Crippen molar-refractivity contribution in [2.24, 2.45) is 5.73 Å². The third-order valence-electron chi connectivity index (χ3n) is 4.65. The molecule has 20 heavy (non-hydrogen) atoms. The van der Waals surface area contributed by atoms with Gasteiger partial charge in [0.15, 0.2) is 5.82 Å². The predicted octanol–water partition coefficient (Wildman–Crippen LogP) is 1.72. The van der Waals surface area contributed by atoms with Crippen LogP contribution in [-0.4, -0.2) is 40.3 Å². The van der Waals surface area contributed by atoms with Crippen LogP contribution in [0.2, 0.25) is 0 Å². The van der Waals surface area contributed by atoms with E-state index >= 15 is 0 Å². The number of primary amides is 1. The summed E-state index contributed by atoms with van der Waals surface area (Å²) >= 11 is 0. The third-order valence-corrected chi connectivity index (χ3v) is 4.65. The molecule has 0 spiro atoms. The van der Waals surface area contributed by atoms with Crippen molar-refractivity contribution in [2.75, 3.05) is 13.1 Å². The highest BCUT2D eigenvalue weighted by Crippen LogP contribution is 2.44. The van der Waals surface area contributed by atoms with Gasteiger partial charge in [0.2, 0.25) is 5.89 Å². The first kappa shape index (κ1) is 13.3. The van der Waals surface area contributed by atoms with Gasteiger partial charge in [0, 0.05) is 18.5 Å². The number of nitrogens with zero attached hydrogens (tertiary/aromatic N) is 3. The van der Waals surface area contributed by atoms with Crippen molar-refractivity contribution in [1.82, 2.24) is 15.0 Å². The van der Waals surface area contributed by atoms with Crippen LogP contribution in [-0.2, 0) is 5.41 Å². The molecule has 1 aromatic rings. The number of carbonyl (C=O) groups excluding carboxylic acids is 1. The number of halogens is 1. The lowest BCUT2D eigenvalue weighted by atomic mass is 9.75. The molecule has 0 unspecified atom stereocenters. The van der Waals surface area contributed by atoms with E-state index in [-0.39, 0.29) is 17.4 Å². The van der Waals surface area contributed by atoms with E-state index in [1.807, 2.05) is 0 Å². The summed E-state index contributed by atoms with van der Waals surface area (Å²) in [5.41, 5.74) is 5.11. The zero-order valence-electron chi connectivity index (χ0n) is 11.5. The fourth-order valence-electron chi connectivity index (χ4n) is 2.91. The molecular weight excluding hydrogens is 263 g/mol. The summed E-state index contributed by atoms with van der Waals surface area (Å²) in [6.45, 7) is 3.27. The fraction of sp³-hybridized carbons (Fsp3) is 0.769. The molecule has 2 heterocycles. The Bertz CT molecular complexity index is 510. The molecule has 2 N–H and O–H groups in total. The minimum Gasteiger partial charge on any atom is -0.351 e. The van der Waals surface area contributed by atoms with E-state index in [1.165, 1.54) is 0 Å². The maximum atomic E-state index is 13.0. The summed E-state index contributed by atoms with van der Waals surface area (Å²) in [4.78, 5) is 17.2. The van der Waals surface area contributed by atoms with Gasteiger partial charge in [-0.3, -0.25) is 0 Å². The van der Waals surface area contributed by atoms with E-state index < -0.39 is 6.17 Å². The van der Waals surface area contributed by atoms with Gasteiger partial charge < -0.3 is 15.2 Å². The highest BCUT2D eigenvalue weighted by molar-refractivity contribution is 5.72. The van der Waals surface area contributed by atoms with Crippen molar-refractivity contribution >= 4 is 6.03 Å². The summed E-state index contributed by atoms with van der Waals surface area (Å²) in [6.07, 6.45) is 2.03. The van der Waals surface area contributed by atoms with Crippen LogP contribution < -0.4 is 5.73 Å². The fourth-order valence-corrected chi connectivity index (χ4v) is 2.91. The number of rotatable bonds is 3. The van der Waals surface area contributed by atoms with Gasteiger partial charge in [-0.15, -0.1) is 0 Å². The van der Waals surface area contributed by atoms with Crippen LogP contribution in [0.5, 0.6) is 0 Å². The molecule has 3 rings (SSSR count). The van der Waals surface area contributed by atoms with Gasteiger partial charge >= 0.3 is 6.03 Å². The molecule has 1 aliphatic heterocycles. The van der Waals surface area contributed by atoms with Gasteiger partial charge in [-0.2, -0.15) is 4.98 Å². The first-order chi connectivity index (χ1) is 9.55. The van der Waals surface area contributed by atoms with E-state index in [0.29, 0.717) is 31.2 Å². The summed E-state index contributed by atoms with van der Waals surface area (Å²) in [6, 6.07) is -0.387. The monoisotopic (exact) mass is 282 g/mol. The lowest BCUT2D eigenvalue weighted by Gasteiger charge is -2.38. The number of carbonyl (C=O) groups is 1. The van der Waals surface area contributed by atoms with Gasteiger partial charge in [0.25, 0.3) is 0 Å². The van der Waals surface area contributed by atoms with E-state index in [1.54, 1.807) is 4.90 Å². The number of hydrogen-bond acceptors (Lipinski definition) is 4. The van der Waals surface area contributed by atoms with Crippen molar-refractivity contribution in [3.8, 4) is 0 Å². The highest BCUT2D eigenvalue weighted by atomic mass is 19.1. The molecule has 2 amide bonds. The van der Waals surface area contributed by atoms with E-state index in [9.17, 15) is 9.18 Å². The number of aromatic nitrogens is 2.